The lowest BCUT2D eigenvalue weighted by atomic mass is 10.1. The van der Waals surface area contributed by atoms with E-state index in [4.69, 9.17) is 14.2 Å². The summed E-state index contributed by atoms with van der Waals surface area (Å²) in [4.78, 5) is 2.44. The van der Waals surface area contributed by atoms with Crippen molar-refractivity contribution in [3.05, 3.63) is 59.7 Å². The van der Waals surface area contributed by atoms with Crippen LogP contribution in [0.15, 0.2) is 48.5 Å². The van der Waals surface area contributed by atoms with Gasteiger partial charge in [0.05, 0.1) is 26.4 Å². The highest BCUT2D eigenvalue weighted by molar-refractivity contribution is 5.28. The average molecular weight is 355 g/mol. The lowest BCUT2D eigenvalue weighted by Crippen LogP contribution is -2.32. The maximum absolute atomic E-state index is 6.06. The van der Waals surface area contributed by atoms with Crippen molar-refractivity contribution in [3.8, 4) is 11.5 Å². The summed E-state index contributed by atoms with van der Waals surface area (Å²) in [6.07, 6.45) is 3.13. The highest BCUT2D eigenvalue weighted by atomic mass is 16.5. The van der Waals surface area contributed by atoms with Crippen molar-refractivity contribution < 1.29 is 14.2 Å². The van der Waals surface area contributed by atoms with Gasteiger partial charge < -0.3 is 14.2 Å². The standard InChI is InChI=1S/C22H29NO3/c1-17(26-22-12-13-22)14-23(15-18-4-8-20(24-2)9-5-18)16-19-6-10-21(25-3)11-7-19/h4-11,17,22H,12-16H2,1-3H3. The van der Waals surface area contributed by atoms with Gasteiger partial charge in [-0.05, 0) is 55.2 Å². The Morgan fingerprint density at radius 2 is 1.31 bits per heavy atom. The van der Waals surface area contributed by atoms with E-state index in [0.717, 1.165) is 31.1 Å². The molecule has 1 aliphatic rings. The first-order valence-corrected chi connectivity index (χ1v) is 9.30. The minimum Gasteiger partial charge on any atom is -0.497 e. The Labute approximate surface area is 156 Å². The van der Waals surface area contributed by atoms with Crippen molar-refractivity contribution in [1.82, 2.24) is 4.90 Å². The summed E-state index contributed by atoms with van der Waals surface area (Å²) in [6.45, 7) is 4.85. The highest BCUT2D eigenvalue weighted by Crippen LogP contribution is 2.25. The van der Waals surface area contributed by atoms with E-state index in [1.807, 2.05) is 24.3 Å². The fraction of sp³-hybridized carbons (Fsp3) is 0.455. The molecule has 26 heavy (non-hydrogen) atoms. The van der Waals surface area contributed by atoms with Gasteiger partial charge in [0.25, 0.3) is 0 Å². The second-order valence-corrected chi connectivity index (χ2v) is 7.01. The summed E-state index contributed by atoms with van der Waals surface area (Å²) in [5.41, 5.74) is 2.55. The Kier molecular flexibility index (Phi) is 6.53. The monoisotopic (exact) mass is 355 g/mol. The minimum atomic E-state index is 0.235. The largest absolute Gasteiger partial charge is 0.497 e. The van der Waals surface area contributed by atoms with E-state index in [-0.39, 0.29) is 6.10 Å². The van der Waals surface area contributed by atoms with E-state index >= 15 is 0 Å². The van der Waals surface area contributed by atoms with Gasteiger partial charge in [0.15, 0.2) is 0 Å². The van der Waals surface area contributed by atoms with Crippen LogP contribution in [-0.2, 0) is 17.8 Å². The normalized spacial score (nSPS) is 15.1. The highest BCUT2D eigenvalue weighted by Gasteiger charge is 2.25. The second-order valence-electron chi connectivity index (χ2n) is 7.01. The zero-order valence-corrected chi connectivity index (χ0v) is 16.0. The Morgan fingerprint density at radius 1 is 0.846 bits per heavy atom. The van der Waals surface area contributed by atoms with E-state index in [1.165, 1.54) is 24.0 Å². The molecule has 0 N–H and O–H groups in total. The minimum absolute atomic E-state index is 0.235. The van der Waals surface area contributed by atoms with Crippen molar-refractivity contribution >= 4 is 0 Å². The molecule has 1 unspecified atom stereocenters. The van der Waals surface area contributed by atoms with Gasteiger partial charge in [0.1, 0.15) is 11.5 Å². The predicted octanol–water partition coefficient (Wildman–Crippen LogP) is 4.27. The number of methoxy groups -OCH3 is 2. The molecule has 4 nitrogen and oxygen atoms in total. The second kappa shape index (κ2) is 9.06. The Balaban J connectivity index is 1.66. The Morgan fingerprint density at radius 3 is 1.69 bits per heavy atom. The molecule has 4 heteroatoms. The fourth-order valence-corrected chi connectivity index (χ4v) is 3.10. The number of ether oxygens (including phenoxy) is 3. The molecular weight excluding hydrogens is 326 g/mol. The van der Waals surface area contributed by atoms with Crippen LogP contribution in [0.4, 0.5) is 0 Å². The smallest absolute Gasteiger partial charge is 0.118 e. The van der Waals surface area contributed by atoms with Crippen molar-refractivity contribution in [2.75, 3.05) is 20.8 Å². The van der Waals surface area contributed by atoms with Crippen LogP contribution in [-0.4, -0.2) is 37.9 Å². The van der Waals surface area contributed by atoms with Crippen molar-refractivity contribution in [1.29, 1.82) is 0 Å². The van der Waals surface area contributed by atoms with Crippen LogP contribution in [0.5, 0.6) is 11.5 Å². The Hall–Kier alpha value is -2.04. The van der Waals surface area contributed by atoms with Crippen LogP contribution in [0.25, 0.3) is 0 Å². The molecule has 1 atom stereocenters. The molecular formula is C22H29NO3. The van der Waals surface area contributed by atoms with Crippen molar-refractivity contribution in [2.45, 2.75) is 45.1 Å². The van der Waals surface area contributed by atoms with E-state index in [0.29, 0.717) is 6.10 Å². The topological polar surface area (TPSA) is 30.9 Å². The van der Waals surface area contributed by atoms with E-state index in [1.54, 1.807) is 14.2 Å². The zero-order chi connectivity index (χ0) is 18.4. The third kappa shape index (κ3) is 5.75. The molecule has 1 fully saturated rings. The molecule has 1 saturated carbocycles. The van der Waals surface area contributed by atoms with Gasteiger partial charge in [0.2, 0.25) is 0 Å². The molecule has 0 spiro atoms. The Bertz CT molecular complexity index is 615. The molecule has 2 aromatic carbocycles. The van der Waals surface area contributed by atoms with E-state index in [2.05, 4.69) is 36.1 Å². The summed E-state index contributed by atoms with van der Waals surface area (Å²) < 4.78 is 16.6. The summed E-state index contributed by atoms with van der Waals surface area (Å²) in [5, 5.41) is 0. The van der Waals surface area contributed by atoms with Crippen LogP contribution < -0.4 is 9.47 Å². The lowest BCUT2D eigenvalue weighted by molar-refractivity contribution is 0.0227. The first-order chi connectivity index (χ1) is 12.7. The van der Waals surface area contributed by atoms with E-state index in [9.17, 15) is 0 Å². The maximum atomic E-state index is 6.06. The van der Waals surface area contributed by atoms with Crippen LogP contribution in [0.3, 0.4) is 0 Å². The SMILES string of the molecule is COc1ccc(CN(Cc2ccc(OC)cc2)CC(C)OC2CC2)cc1. The van der Waals surface area contributed by atoms with Crippen molar-refractivity contribution in [2.24, 2.45) is 0 Å². The number of benzene rings is 2. The molecule has 3 rings (SSSR count). The number of nitrogens with zero attached hydrogens (tertiary/aromatic N) is 1. The summed E-state index contributed by atoms with van der Waals surface area (Å²) >= 11 is 0. The molecule has 0 amide bonds. The number of rotatable bonds is 10. The third-order valence-electron chi connectivity index (χ3n) is 4.59. The molecule has 0 bridgehead atoms. The molecule has 0 aromatic heterocycles. The molecule has 2 aromatic rings. The molecule has 0 radical (unpaired) electrons. The zero-order valence-electron chi connectivity index (χ0n) is 16.0. The number of hydrogen-bond donors (Lipinski definition) is 0. The third-order valence-corrected chi connectivity index (χ3v) is 4.59. The lowest BCUT2D eigenvalue weighted by Gasteiger charge is -2.26. The maximum Gasteiger partial charge on any atom is 0.118 e. The number of hydrogen-bond acceptors (Lipinski definition) is 4. The quantitative estimate of drug-likeness (QED) is 0.637. The van der Waals surface area contributed by atoms with Gasteiger partial charge in [-0.25, -0.2) is 0 Å². The van der Waals surface area contributed by atoms with Crippen molar-refractivity contribution in [3.63, 3.8) is 0 Å². The van der Waals surface area contributed by atoms with Gasteiger partial charge in [-0.15, -0.1) is 0 Å². The summed E-state index contributed by atoms with van der Waals surface area (Å²) in [5.74, 6) is 1.78. The molecule has 0 saturated heterocycles. The summed E-state index contributed by atoms with van der Waals surface area (Å²) in [7, 11) is 3.39. The molecule has 0 heterocycles. The van der Waals surface area contributed by atoms with Gasteiger partial charge in [0, 0.05) is 19.6 Å². The van der Waals surface area contributed by atoms with Crippen LogP contribution >= 0.6 is 0 Å². The summed E-state index contributed by atoms with van der Waals surface area (Å²) in [6, 6.07) is 16.6. The van der Waals surface area contributed by atoms with Crippen LogP contribution in [0.1, 0.15) is 30.9 Å². The molecule has 140 valence electrons. The molecule has 1 aliphatic carbocycles. The fourth-order valence-electron chi connectivity index (χ4n) is 3.10. The van der Waals surface area contributed by atoms with Gasteiger partial charge in [-0.3, -0.25) is 4.90 Å². The van der Waals surface area contributed by atoms with Gasteiger partial charge in [-0.1, -0.05) is 24.3 Å². The van der Waals surface area contributed by atoms with Crippen LogP contribution in [0, 0.1) is 0 Å². The average Bonchev–Trinajstić information content (AvgIpc) is 3.46. The van der Waals surface area contributed by atoms with Crippen LogP contribution in [0.2, 0.25) is 0 Å². The molecule has 0 aliphatic heterocycles. The van der Waals surface area contributed by atoms with Gasteiger partial charge >= 0.3 is 0 Å². The first kappa shape index (κ1) is 18.7. The van der Waals surface area contributed by atoms with E-state index < -0.39 is 0 Å². The van der Waals surface area contributed by atoms with Gasteiger partial charge in [-0.2, -0.15) is 0 Å². The first-order valence-electron chi connectivity index (χ1n) is 9.30. The predicted molar refractivity (Wildman–Crippen MR) is 104 cm³/mol.